The maximum Gasteiger partial charge on any atom is 0.289 e. The number of nitrogens with zero attached hydrogens (tertiary/aromatic N) is 1. The Morgan fingerprint density at radius 2 is 1.91 bits per heavy atom. The maximum absolute atomic E-state index is 9.63. The van der Waals surface area contributed by atoms with Gasteiger partial charge in [-0.3, -0.25) is 5.73 Å². The summed E-state index contributed by atoms with van der Waals surface area (Å²) in [6.07, 6.45) is 5.62. The fourth-order valence-corrected chi connectivity index (χ4v) is 3.51. The lowest BCUT2D eigenvalue weighted by Gasteiger charge is -2.15. The molecule has 0 amide bonds. The van der Waals surface area contributed by atoms with E-state index in [9.17, 15) is 5.26 Å². The molecule has 1 aliphatic rings. The van der Waals surface area contributed by atoms with Crippen molar-refractivity contribution in [1.82, 2.24) is 0 Å². The van der Waals surface area contributed by atoms with Crippen molar-refractivity contribution in [3.05, 3.63) is 46.1 Å². The standard InChI is InChI=1S/C19H21N3/c1-12-8-9-14(13(2)10-12)18-15-6-4-3-5-7-17(15)22-19(21)16(18)11-20/h8-10H,3-7H2,1-2H3,(H2,21,22)/p+1. The highest BCUT2D eigenvalue weighted by Crippen LogP contribution is 2.35. The highest BCUT2D eigenvalue weighted by Gasteiger charge is 2.24. The molecular formula is C19H22N3+. The quantitative estimate of drug-likeness (QED) is 0.817. The molecule has 0 saturated carbocycles. The molecule has 1 aliphatic carbocycles. The molecule has 0 radical (unpaired) electrons. The number of anilines is 1. The van der Waals surface area contributed by atoms with E-state index >= 15 is 0 Å². The molecule has 0 bridgehead atoms. The predicted molar refractivity (Wildman–Crippen MR) is 88.3 cm³/mol. The molecule has 0 spiro atoms. The first kappa shape index (κ1) is 14.6. The van der Waals surface area contributed by atoms with E-state index in [4.69, 9.17) is 5.73 Å². The van der Waals surface area contributed by atoms with Crippen LogP contribution in [0.1, 0.15) is 47.2 Å². The van der Waals surface area contributed by atoms with Crippen molar-refractivity contribution in [1.29, 1.82) is 5.26 Å². The van der Waals surface area contributed by atoms with Gasteiger partial charge in [0.05, 0.1) is 0 Å². The zero-order chi connectivity index (χ0) is 15.7. The summed E-state index contributed by atoms with van der Waals surface area (Å²) in [4.78, 5) is 3.28. The summed E-state index contributed by atoms with van der Waals surface area (Å²) in [5.41, 5.74) is 13.9. The normalized spacial score (nSPS) is 14.0. The van der Waals surface area contributed by atoms with Gasteiger partial charge in [0.15, 0.2) is 0 Å². The van der Waals surface area contributed by atoms with Crippen LogP contribution in [0.5, 0.6) is 0 Å². The van der Waals surface area contributed by atoms with Crippen molar-refractivity contribution in [3.63, 3.8) is 0 Å². The lowest BCUT2D eigenvalue weighted by Crippen LogP contribution is -2.22. The number of aromatic amines is 1. The summed E-state index contributed by atoms with van der Waals surface area (Å²) in [6, 6.07) is 8.73. The fourth-order valence-electron chi connectivity index (χ4n) is 3.51. The smallest absolute Gasteiger partial charge is 0.286 e. The Labute approximate surface area is 131 Å². The summed E-state index contributed by atoms with van der Waals surface area (Å²) in [5, 5.41) is 9.63. The van der Waals surface area contributed by atoms with Crippen LogP contribution >= 0.6 is 0 Å². The van der Waals surface area contributed by atoms with Crippen LogP contribution in [0.25, 0.3) is 11.1 Å². The van der Waals surface area contributed by atoms with Gasteiger partial charge in [0.2, 0.25) is 0 Å². The second-order valence-corrected chi connectivity index (χ2v) is 6.24. The summed E-state index contributed by atoms with van der Waals surface area (Å²) < 4.78 is 0. The lowest BCUT2D eigenvalue weighted by atomic mass is 9.89. The minimum absolute atomic E-state index is 0.498. The predicted octanol–water partition coefficient (Wildman–Crippen LogP) is 3.51. The van der Waals surface area contributed by atoms with Crippen LogP contribution in [0.3, 0.4) is 0 Å². The third-order valence-electron chi connectivity index (χ3n) is 4.59. The van der Waals surface area contributed by atoms with Crippen LogP contribution in [-0.2, 0) is 12.8 Å². The fraction of sp³-hybridized carbons (Fsp3) is 0.368. The van der Waals surface area contributed by atoms with Crippen molar-refractivity contribution in [2.75, 3.05) is 5.73 Å². The summed E-state index contributed by atoms with van der Waals surface area (Å²) in [5.74, 6) is 0.498. The number of hydrogen-bond acceptors (Lipinski definition) is 2. The molecule has 22 heavy (non-hydrogen) atoms. The van der Waals surface area contributed by atoms with Gasteiger partial charge in [-0.15, -0.1) is 0 Å². The number of aryl methyl sites for hydroxylation is 3. The first-order valence-electron chi connectivity index (χ1n) is 7.96. The minimum atomic E-state index is 0.498. The number of nitrogen functional groups attached to an aromatic ring is 1. The van der Waals surface area contributed by atoms with Gasteiger partial charge in [-0.2, -0.15) is 5.26 Å². The van der Waals surface area contributed by atoms with Gasteiger partial charge < -0.3 is 0 Å². The third-order valence-corrected chi connectivity index (χ3v) is 4.59. The Kier molecular flexibility index (Phi) is 3.85. The molecule has 0 fully saturated rings. The van der Waals surface area contributed by atoms with Crippen LogP contribution in [-0.4, -0.2) is 0 Å². The van der Waals surface area contributed by atoms with Gasteiger partial charge in [0.25, 0.3) is 5.82 Å². The summed E-state index contributed by atoms with van der Waals surface area (Å²) >= 11 is 0. The Morgan fingerprint density at radius 1 is 1.14 bits per heavy atom. The topological polar surface area (TPSA) is 64.0 Å². The van der Waals surface area contributed by atoms with E-state index in [0.717, 1.165) is 24.0 Å². The molecule has 3 rings (SSSR count). The summed E-state index contributed by atoms with van der Waals surface area (Å²) in [7, 11) is 0. The van der Waals surface area contributed by atoms with Gasteiger partial charge in [-0.25, -0.2) is 4.98 Å². The van der Waals surface area contributed by atoms with Crippen molar-refractivity contribution in [2.45, 2.75) is 46.0 Å². The van der Waals surface area contributed by atoms with E-state index in [-0.39, 0.29) is 0 Å². The van der Waals surface area contributed by atoms with E-state index in [1.807, 2.05) is 0 Å². The first-order valence-corrected chi connectivity index (χ1v) is 7.96. The number of hydrogen-bond donors (Lipinski definition) is 1. The molecule has 0 atom stereocenters. The van der Waals surface area contributed by atoms with Crippen LogP contribution in [0.4, 0.5) is 5.82 Å². The Balaban J connectivity index is 2.33. The van der Waals surface area contributed by atoms with E-state index in [1.165, 1.54) is 41.6 Å². The van der Waals surface area contributed by atoms with Crippen LogP contribution in [0, 0.1) is 25.2 Å². The Hall–Kier alpha value is -2.34. The molecule has 0 aliphatic heterocycles. The summed E-state index contributed by atoms with van der Waals surface area (Å²) in [6.45, 7) is 4.20. The number of pyridine rings is 1. The molecule has 3 heteroatoms. The number of nitriles is 1. The van der Waals surface area contributed by atoms with Gasteiger partial charge >= 0.3 is 0 Å². The second kappa shape index (κ2) is 5.81. The average molecular weight is 292 g/mol. The average Bonchev–Trinajstić information content (AvgIpc) is 2.71. The van der Waals surface area contributed by atoms with E-state index < -0.39 is 0 Å². The largest absolute Gasteiger partial charge is 0.289 e. The molecular weight excluding hydrogens is 270 g/mol. The zero-order valence-corrected chi connectivity index (χ0v) is 13.3. The van der Waals surface area contributed by atoms with E-state index in [1.54, 1.807) is 0 Å². The highest BCUT2D eigenvalue weighted by molar-refractivity contribution is 5.79. The number of nitrogens with two attached hydrogens (primary N) is 1. The molecule has 1 aromatic heterocycles. The highest BCUT2D eigenvalue weighted by atomic mass is 14.9. The number of fused-ring (bicyclic) bond motifs is 1. The monoisotopic (exact) mass is 292 g/mol. The Morgan fingerprint density at radius 3 is 2.64 bits per heavy atom. The van der Waals surface area contributed by atoms with E-state index in [2.05, 4.69) is 43.1 Å². The van der Waals surface area contributed by atoms with Crippen molar-refractivity contribution in [3.8, 4) is 17.2 Å². The van der Waals surface area contributed by atoms with Gasteiger partial charge in [-0.1, -0.05) is 30.2 Å². The van der Waals surface area contributed by atoms with Crippen LogP contribution < -0.4 is 10.7 Å². The molecule has 1 heterocycles. The number of H-pyrrole nitrogens is 1. The van der Waals surface area contributed by atoms with Crippen LogP contribution in [0.2, 0.25) is 0 Å². The van der Waals surface area contributed by atoms with Crippen molar-refractivity contribution >= 4 is 5.82 Å². The SMILES string of the molecule is Cc1ccc(-c2c(C#N)c(N)[nH+]c3c2CCCCC3)c(C)c1. The molecule has 112 valence electrons. The zero-order valence-electron chi connectivity index (χ0n) is 13.3. The molecule has 1 aromatic carbocycles. The minimum Gasteiger partial charge on any atom is -0.286 e. The van der Waals surface area contributed by atoms with Gasteiger partial charge in [0.1, 0.15) is 17.3 Å². The lowest BCUT2D eigenvalue weighted by molar-refractivity contribution is -0.373. The molecule has 3 N–H and O–H groups in total. The first-order chi connectivity index (χ1) is 10.6. The van der Waals surface area contributed by atoms with Crippen molar-refractivity contribution < 1.29 is 4.98 Å². The number of benzene rings is 1. The van der Waals surface area contributed by atoms with Gasteiger partial charge in [0, 0.05) is 17.5 Å². The molecule has 2 aromatic rings. The molecule has 0 unspecified atom stereocenters. The van der Waals surface area contributed by atoms with E-state index in [0.29, 0.717) is 11.4 Å². The molecule has 3 nitrogen and oxygen atoms in total. The number of aromatic nitrogens is 1. The number of rotatable bonds is 1. The van der Waals surface area contributed by atoms with Gasteiger partial charge in [-0.05, 0) is 44.2 Å². The van der Waals surface area contributed by atoms with Crippen molar-refractivity contribution in [2.24, 2.45) is 0 Å². The third kappa shape index (κ3) is 2.46. The number of nitrogens with one attached hydrogen (secondary N) is 1. The van der Waals surface area contributed by atoms with Crippen LogP contribution in [0.15, 0.2) is 18.2 Å². The Bertz CT molecular complexity index is 769. The molecule has 0 saturated heterocycles. The second-order valence-electron chi connectivity index (χ2n) is 6.24. The maximum atomic E-state index is 9.63.